The van der Waals surface area contributed by atoms with Gasteiger partial charge in [0.2, 0.25) is 0 Å². The van der Waals surface area contributed by atoms with Gasteiger partial charge in [-0.05, 0) is 51.2 Å². The molecule has 76 valence electrons. The summed E-state index contributed by atoms with van der Waals surface area (Å²) in [6, 6.07) is 0.108. The monoisotopic (exact) mass is 186 g/mol. The predicted molar refractivity (Wildman–Crippen MR) is 51.3 cm³/mol. The van der Waals surface area contributed by atoms with Crippen molar-refractivity contribution in [2.75, 3.05) is 20.1 Å². The van der Waals surface area contributed by atoms with Crippen LogP contribution < -0.4 is 5.73 Å². The summed E-state index contributed by atoms with van der Waals surface area (Å²) in [5.74, 6) is 0. The molecule has 2 rings (SSSR count). The van der Waals surface area contributed by atoms with E-state index in [1.807, 2.05) is 0 Å². The third-order valence-electron chi connectivity index (χ3n) is 3.91. The van der Waals surface area contributed by atoms with Crippen LogP contribution in [0.1, 0.15) is 25.7 Å². The van der Waals surface area contributed by atoms with E-state index in [1.54, 1.807) is 0 Å². The number of hydrogen-bond acceptors (Lipinski definition) is 2. The molecule has 0 amide bonds. The maximum absolute atomic E-state index is 13.2. The van der Waals surface area contributed by atoms with Gasteiger partial charge in [0, 0.05) is 6.04 Å². The molecule has 1 spiro atoms. The van der Waals surface area contributed by atoms with Crippen LogP contribution >= 0.6 is 0 Å². The lowest BCUT2D eigenvalue weighted by atomic mass is 9.74. The van der Waals surface area contributed by atoms with Crippen LogP contribution in [0.2, 0.25) is 0 Å². The van der Waals surface area contributed by atoms with Crippen molar-refractivity contribution in [2.45, 2.75) is 37.9 Å². The second kappa shape index (κ2) is 3.21. The molecule has 2 nitrogen and oxygen atoms in total. The number of rotatable bonds is 0. The molecule has 0 radical (unpaired) electrons. The summed E-state index contributed by atoms with van der Waals surface area (Å²) in [7, 11) is 2.13. The summed E-state index contributed by atoms with van der Waals surface area (Å²) >= 11 is 0. The van der Waals surface area contributed by atoms with Gasteiger partial charge in [0.25, 0.3) is 0 Å². The largest absolute Gasteiger partial charge is 0.327 e. The summed E-state index contributed by atoms with van der Waals surface area (Å²) in [6.07, 6.45) is 2.83. The summed E-state index contributed by atoms with van der Waals surface area (Å²) in [5.41, 5.74) is 6.17. The number of likely N-dealkylation sites (tertiary alicyclic amines) is 1. The lowest BCUT2D eigenvalue weighted by Crippen LogP contribution is -2.45. The topological polar surface area (TPSA) is 29.3 Å². The van der Waals surface area contributed by atoms with Crippen molar-refractivity contribution in [2.24, 2.45) is 11.1 Å². The van der Waals surface area contributed by atoms with Crippen molar-refractivity contribution < 1.29 is 4.39 Å². The lowest BCUT2D eigenvalue weighted by molar-refractivity contribution is 0.106. The Morgan fingerprint density at radius 3 is 2.46 bits per heavy atom. The number of nitrogens with zero attached hydrogens (tertiary/aromatic N) is 1. The van der Waals surface area contributed by atoms with Crippen LogP contribution in [-0.4, -0.2) is 37.3 Å². The zero-order valence-electron chi connectivity index (χ0n) is 8.30. The molecule has 1 aliphatic carbocycles. The fourth-order valence-electron chi connectivity index (χ4n) is 2.84. The summed E-state index contributed by atoms with van der Waals surface area (Å²) < 4.78 is 13.2. The molecule has 0 aromatic rings. The Morgan fingerprint density at radius 1 is 1.38 bits per heavy atom. The highest BCUT2D eigenvalue weighted by Gasteiger charge is 2.46. The van der Waals surface area contributed by atoms with Crippen LogP contribution in [0.15, 0.2) is 0 Å². The molecule has 2 atom stereocenters. The molecule has 3 heteroatoms. The van der Waals surface area contributed by atoms with Crippen LogP contribution in [0.25, 0.3) is 0 Å². The van der Waals surface area contributed by atoms with Gasteiger partial charge < -0.3 is 10.6 Å². The Kier molecular flexibility index (Phi) is 2.32. The van der Waals surface area contributed by atoms with Gasteiger partial charge in [-0.1, -0.05) is 0 Å². The van der Waals surface area contributed by atoms with Gasteiger partial charge in [-0.2, -0.15) is 0 Å². The van der Waals surface area contributed by atoms with Gasteiger partial charge >= 0.3 is 0 Å². The standard InChI is InChI=1S/C10H19FN2/c1-13-4-2-10(3-5-13)7-8(11)6-9(10)12/h8-9H,2-7,12H2,1H3/t8?,9-/m0/s1. The molecule has 0 bridgehead atoms. The molecule has 1 heterocycles. The SMILES string of the molecule is CN1CCC2(CC1)CC(F)C[C@@H]2N. The van der Waals surface area contributed by atoms with E-state index in [2.05, 4.69) is 11.9 Å². The van der Waals surface area contributed by atoms with Gasteiger partial charge in [-0.3, -0.25) is 0 Å². The molecule has 1 unspecified atom stereocenters. The predicted octanol–water partition coefficient (Wildman–Crippen LogP) is 1.16. The number of hydrogen-bond donors (Lipinski definition) is 1. The number of alkyl halides is 1. The van der Waals surface area contributed by atoms with Gasteiger partial charge in [-0.25, -0.2) is 4.39 Å². The maximum Gasteiger partial charge on any atom is 0.102 e. The smallest absolute Gasteiger partial charge is 0.102 e. The third kappa shape index (κ3) is 1.59. The van der Waals surface area contributed by atoms with E-state index in [-0.39, 0.29) is 11.5 Å². The van der Waals surface area contributed by atoms with Crippen molar-refractivity contribution >= 4 is 0 Å². The highest BCUT2D eigenvalue weighted by Crippen LogP contribution is 2.46. The molecular weight excluding hydrogens is 167 g/mol. The Morgan fingerprint density at radius 2 is 2.00 bits per heavy atom. The van der Waals surface area contributed by atoms with Crippen LogP contribution in [0.3, 0.4) is 0 Å². The molecule has 0 aromatic carbocycles. The highest BCUT2D eigenvalue weighted by atomic mass is 19.1. The number of piperidine rings is 1. The second-order valence-corrected chi connectivity index (χ2v) is 4.81. The van der Waals surface area contributed by atoms with Crippen LogP contribution in [0, 0.1) is 5.41 Å². The molecule has 1 saturated heterocycles. The van der Waals surface area contributed by atoms with E-state index >= 15 is 0 Å². The average Bonchev–Trinajstić information content (AvgIpc) is 2.34. The summed E-state index contributed by atoms with van der Waals surface area (Å²) in [5, 5.41) is 0. The Hall–Kier alpha value is -0.150. The molecule has 2 N–H and O–H groups in total. The zero-order chi connectivity index (χ0) is 9.47. The Balaban J connectivity index is 2.04. The van der Waals surface area contributed by atoms with Crippen molar-refractivity contribution in [3.8, 4) is 0 Å². The molecule has 1 aliphatic heterocycles. The highest BCUT2D eigenvalue weighted by molar-refractivity contribution is 5.00. The first-order chi connectivity index (χ1) is 6.12. The van der Waals surface area contributed by atoms with Crippen LogP contribution in [0.5, 0.6) is 0 Å². The molecule has 0 aromatic heterocycles. The van der Waals surface area contributed by atoms with Crippen LogP contribution in [0.4, 0.5) is 4.39 Å². The summed E-state index contributed by atoms with van der Waals surface area (Å²) in [4.78, 5) is 2.31. The van der Waals surface area contributed by atoms with Gasteiger partial charge in [0.05, 0.1) is 0 Å². The van der Waals surface area contributed by atoms with Gasteiger partial charge in [-0.15, -0.1) is 0 Å². The third-order valence-corrected chi connectivity index (χ3v) is 3.91. The fourth-order valence-corrected chi connectivity index (χ4v) is 2.84. The van der Waals surface area contributed by atoms with Crippen molar-refractivity contribution in [1.29, 1.82) is 0 Å². The molecule has 2 fully saturated rings. The van der Waals surface area contributed by atoms with Crippen LogP contribution in [-0.2, 0) is 0 Å². The maximum atomic E-state index is 13.2. The van der Waals surface area contributed by atoms with Gasteiger partial charge in [0.15, 0.2) is 0 Å². The molecule has 2 aliphatic rings. The first-order valence-electron chi connectivity index (χ1n) is 5.21. The Labute approximate surface area is 79.3 Å². The van der Waals surface area contributed by atoms with Gasteiger partial charge in [0.1, 0.15) is 6.17 Å². The minimum Gasteiger partial charge on any atom is -0.327 e. The Bertz CT molecular complexity index is 187. The minimum absolute atomic E-state index is 0.108. The molecular formula is C10H19FN2. The van der Waals surface area contributed by atoms with E-state index in [9.17, 15) is 4.39 Å². The van der Waals surface area contributed by atoms with E-state index in [0.717, 1.165) is 25.9 Å². The second-order valence-electron chi connectivity index (χ2n) is 4.81. The summed E-state index contributed by atoms with van der Waals surface area (Å²) in [6.45, 7) is 2.17. The lowest BCUT2D eigenvalue weighted by Gasteiger charge is -2.40. The number of nitrogens with two attached hydrogens (primary N) is 1. The van der Waals surface area contributed by atoms with E-state index in [1.165, 1.54) is 0 Å². The first-order valence-corrected chi connectivity index (χ1v) is 5.21. The zero-order valence-corrected chi connectivity index (χ0v) is 8.30. The van der Waals surface area contributed by atoms with Crippen molar-refractivity contribution in [3.63, 3.8) is 0 Å². The fraction of sp³-hybridized carbons (Fsp3) is 1.00. The molecule has 13 heavy (non-hydrogen) atoms. The van der Waals surface area contributed by atoms with Crippen molar-refractivity contribution in [3.05, 3.63) is 0 Å². The van der Waals surface area contributed by atoms with E-state index in [0.29, 0.717) is 12.8 Å². The minimum atomic E-state index is -0.640. The quantitative estimate of drug-likeness (QED) is 0.615. The van der Waals surface area contributed by atoms with Crippen molar-refractivity contribution in [1.82, 2.24) is 4.90 Å². The average molecular weight is 186 g/mol. The number of halogens is 1. The van der Waals surface area contributed by atoms with E-state index < -0.39 is 6.17 Å². The first kappa shape index (κ1) is 9.41. The molecule has 1 saturated carbocycles. The normalized spacial score (nSPS) is 39.9. The van der Waals surface area contributed by atoms with E-state index in [4.69, 9.17) is 5.73 Å².